The molecule has 0 saturated carbocycles. The van der Waals surface area contributed by atoms with Crippen LogP contribution in [0, 0.1) is 13.8 Å². The molecular weight excluding hydrogens is 450 g/mol. The van der Waals surface area contributed by atoms with Gasteiger partial charge >= 0.3 is 0 Å². The maximum absolute atomic E-state index is 13.1. The van der Waals surface area contributed by atoms with E-state index >= 15 is 0 Å². The van der Waals surface area contributed by atoms with E-state index in [1.165, 1.54) is 0 Å². The maximum Gasteiger partial charge on any atom is 0.283 e. The second-order valence-electron chi connectivity index (χ2n) is 8.12. The Hall–Kier alpha value is -3.90. The molecule has 0 fully saturated rings. The second-order valence-corrected chi connectivity index (χ2v) is 8.50. The normalized spacial score (nSPS) is 13.4. The lowest BCUT2D eigenvalue weighted by atomic mass is 10.1. The van der Waals surface area contributed by atoms with E-state index in [0.29, 0.717) is 23.5 Å². The van der Waals surface area contributed by atoms with Gasteiger partial charge in [-0.25, -0.2) is 4.90 Å². The average molecular weight is 474 g/mol. The Morgan fingerprint density at radius 2 is 1.68 bits per heavy atom. The van der Waals surface area contributed by atoms with Crippen LogP contribution in [-0.4, -0.2) is 24.3 Å². The van der Waals surface area contributed by atoms with E-state index < -0.39 is 11.8 Å². The Kier molecular flexibility index (Phi) is 6.80. The predicted molar refractivity (Wildman–Crippen MR) is 134 cm³/mol. The Balaban J connectivity index is 1.46. The zero-order valence-corrected chi connectivity index (χ0v) is 19.6. The standard InChI is InChI=1S/C27H24ClN3O3/c1-17-11-12-22(18(2)15-17)31-26(33)23(28)24(27(31)34)30-21-10-6-9-20(16-21)25(32)29-14-13-19-7-4-3-5-8-19/h3-12,15-16,30H,13-14H2,1-2H3,(H,29,32). The molecule has 0 unspecified atom stereocenters. The lowest BCUT2D eigenvalue weighted by molar-refractivity contribution is -0.120. The van der Waals surface area contributed by atoms with Gasteiger partial charge in [-0.2, -0.15) is 0 Å². The van der Waals surface area contributed by atoms with Crippen LogP contribution in [0.5, 0.6) is 0 Å². The fraction of sp³-hybridized carbons (Fsp3) is 0.148. The largest absolute Gasteiger partial charge is 0.352 e. The van der Waals surface area contributed by atoms with Crippen LogP contribution >= 0.6 is 11.6 Å². The van der Waals surface area contributed by atoms with E-state index in [1.54, 1.807) is 30.3 Å². The minimum atomic E-state index is -0.587. The molecule has 0 bridgehead atoms. The molecular formula is C27H24ClN3O3. The van der Waals surface area contributed by atoms with Gasteiger partial charge in [-0.15, -0.1) is 0 Å². The van der Waals surface area contributed by atoms with Crippen molar-refractivity contribution >= 4 is 40.7 Å². The van der Waals surface area contributed by atoms with Gasteiger partial charge in [0.25, 0.3) is 17.7 Å². The summed E-state index contributed by atoms with van der Waals surface area (Å²) in [7, 11) is 0. The van der Waals surface area contributed by atoms with Crippen LogP contribution in [0.25, 0.3) is 0 Å². The molecule has 3 aromatic rings. The molecule has 3 amide bonds. The van der Waals surface area contributed by atoms with Gasteiger partial charge in [-0.05, 0) is 55.7 Å². The van der Waals surface area contributed by atoms with Gasteiger partial charge in [0.2, 0.25) is 0 Å². The number of carbonyl (C=O) groups is 3. The molecule has 0 aromatic heterocycles. The summed E-state index contributed by atoms with van der Waals surface area (Å²) in [6.07, 6.45) is 0.720. The number of imide groups is 1. The summed E-state index contributed by atoms with van der Waals surface area (Å²) in [5, 5.41) is 5.64. The number of amides is 3. The lowest BCUT2D eigenvalue weighted by Gasteiger charge is -2.18. The van der Waals surface area contributed by atoms with Crippen LogP contribution in [0.1, 0.15) is 27.0 Å². The Bertz CT molecular complexity index is 1300. The highest BCUT2D eigenvalue weighted by atomic mass is 35.5. The number of benzene rings is 3. The lowest BCUT2D eigenvalue weighted by Crippen LogP contribution is -2.32. The summed E-state index contributed by atoms with van der Waals surface area (Å²) in [4.78, 5) is 39.5. The summed E-state index contributed by atoms with van der Waals surface area (Å²) in [5.74, 6) is -1.36. The zero-order chi connectivity index (χ0) is 24.2. The first-order valence-electron chi connectivity index (χ1n) is 10.9. The first-order valence-corrected chi connectivity index (χ1v) is 11.3. The van der Waals surface area contributed by atoms with Gasteiger partial charge in [-0.1, -0.05) is 65.7 Å². The van der Waals surface area contributed by atoms with Crippen molar-refractivity contribution in [3.05, 3.63) is 106 Å². The number of rotatable bonds is 7. The van der Waals surface area contributed by atoms with Crippen molar-refractivity contribution in [1.82, 2.24) is 5.32 Å². The molecule has 6 nitrogen and oxygen atoms in total. The maximum atomic E-state index is 13.1. The van der Waals surface area contributed by atoms with Crippen LogP contribution in [0.3, 0.4) is 0 Å². The minimum Gasteiger partial charge on any atom is -0.352 e. The number of nitrogens with zero attached hydrogens (tertiary/aromatic N) is 1. The number of halogens is 1. The molecule has 1 aliphatic heterocycles. The minimum absolute atomic E-state index is 0.0201. The van der Waals surface area contributed by atoms with E-state index in [9.17, 15) is 14.4 Å². The SMILES string of the molecule is Cc1ccc(N2C(=O)C(Cl)=C(Nc3cccc(C(=O)NCCc4ccccc4)c3)C2=O)c(C)c1. The quantitative estimate of drug-likeness (QED) is 0.487. The van der Waals surface area contributed by atoms with E-state index in [1.807, 2.05) is 56.3 Å². The van der Waals surface area contributed by atoms with E-state index in [4.69, 9.17) is 11.6 Å². The van der Waals surface area contributed by atoms with Gasteiger partial charge in [0.05, 0.1) is 5.69 Å². The molecule has 3 aromatic carbocycles. The first-order chi connectivity index (χ1) is 16.3. The van der Waals surface area contributed by atoms with Gasteiger partial charge < -0.3 is 10.6 Å². The van der Waals surface area contributed by atoms with Gasteiger partial charge in [0, 0.05) is 17.8 Å². The molecule has 7 heteroatoms. The summed E-state index contributed by atoms with van der Waals surface area (Å²) in [6.45, 7) is 4.27. The number of aryl methyl sites for hydroxylation is 2. The Morgan fingerprint density at radius 1 is 0.912 bits per heavy atom. The Labute approximate surface area is 203 Å². The summed E-state index contributed by atoms with van der Waals surface area (Å²) in [5.41, 5.74) is 4.33. The van der Waals surface area contributed by atoms with Crippen molar-refractivity contribution in [2.75, 3.05) is 16.8 Å². The number of anilines is 2. The van der Waals surface area contributed by atoms with Gasteiger partial charge in [0.15, 0.2) is 0 Å². The average Bonchev–Trinajstić information content (AvgIpc) is 3.03. The molecule has 34 heavy (non-hydrogen) atoms. The van der Waals surface area contributed by atoms with Gasteiger partial charge in [0.1, 0.15) is 10.7 Å². The smallest absolute Gasteiger partial charge is 0.283 e. The third kappa shape index (κ3) is 4.87. The predicted octanol–water partition coefficient (Wildman–Crippen LogP) is 4.71. The Morgan fingerprint density at radius 3 is 2.41 bits per heavy atom. The molecule has 0 aliphatic carbocycles. The van der Waals surface area contributed by atoms with Crippen molar-refractivity contribution in [2.45, 2.75) is 20.3 Å². The molecule has 0 atom stereocenters. The molecule has 2 N–H and O–H groups in total. The molecule has 1 aliphatic rings. The number of hydrogen-bond acceptors (Lipinski definition) is 4. The number of nitrogens with one attached hydrogen (secondary N) is 2. The summed E-state index contributed by atoms with van der Waals surface area (Å²) >= 11 is 6.26. The van der Waals surface area contributed by atoms with Crippen LogP contribution in [0.2, 0.25) is 0 Å². The first kappa shape index (κ1) is 23.3. The van der Waals surface area contributed by atoms with E-state index in [0.717, 1.165) is 28.0 Å². The fourth-order valence-corrected chi connectivity index (χ4v) is 4.05. The van der Waals surface area contributed by atoms with Gasteiger partial charge in [-0.3, -0.25) is 14.4 Å². The second kappa shape index (κ2) is 9.93. The number of carbonyl (C=O) groups excluding carboxylic acids is 3. The van der Waals surface area contributed by atoms with Crippen LogP contribution < -0.4 is 15.5 Å². The molecule has 4 rings (SSSR count). The summed E-state index contributed by atoms with van der Waals surface area (Å²) in [6, 6.07) is 22.1. The van der Waals surface area contributed by atoms with Crippen molar-refractivity contribution in [3.8, 4) is 0 Å². The molecule has 0 spiro atoms. The van der Waals surface area contributed by atoms with Crippen molar-refractivity contribution in [3.63, 3.8) is 0 Å². The van der Waals surface area contributed by atoms with E-state index in [2.05, 4.69) is 10.6 Å². The monoisotopic (exact) mass is 473 g/mol. The molecule has 1 heterocycles. The topological polar surface area (TPSA) is 78.5 Å². The number of hydrogen-bond donors (Lipinski definition) is 2. The van der Waals surface area contributed by atoms with Crippen LogP contribution in [0.15, 0.2) is 83.5 Å². The van der Waals surface area contributed by atoms with Crippen LogP contribution in [0.4, 0.5) is 11.4 Å². The highest BCUT2D eigenvalue weighted by Gasteiger charge is 2.39. The van der Waals surface area contributed by atoms with Crippen molar-refractivity contribution in [1.29, 1.82) is 0 Å². The third-order valence-electron chi connectivity index (χ3n) is 5.56. The highest BCUT2D eigenvalue weighted by molar-refractivity contribution is 6.53. The molecule has 172 valence electrons. The van der Waals surface area contributed by atoms with Crippen LogP contribution in [-0.2, 0) is 16.0 Å². The molecule has 0 radical (unpaired) electrons. The van der Waals surface area contributed by atoms with E-state index in [-0.39, 0.29) is 16.6 Å². The van der Waals surface area contributed by atoms with Crippen molar-refractivity contribution in [2.24, 2.45) is 0 Å². The zero-order valence-electron chi connectivity index (χ0n) is 18.9. The summed E-state index contributed by atoms with van der Waals surface area (Å²) < 4.78 is 0. The molecule has 0 saturated heterocycles. The third-order valence-corrected chi connectivity index (χ3v) is 5.91. The van der Waals surface area contributed by atoms with Crippen molar-refractivity contribution < 1.29 is 14.4 Å². The fourth-order valence-electron chi connectivity index (χ4n) is 3.84. The highest BCUT2D eigenvalue weighted by Crippen LogP contribution is 2.32.